The van der Waals surface area contributed by atoms with Crippen molar-refractivity contribution in [3.8, 4) is 0 Å². The monoisotopic (exact) mass is 419 g/mol. The van der Waals surface area contributed by atoms with Gasteiger partial charge in [0.25, 0.3) is 0 Å². The van der Waals surface area contributed by atoms with Crippen molar-refractivity contribution in [2.75, 3.05) is 13.1 Å². The van der Waals surface area contributed by atoms with Crippen LogP contribution in [0.5, 0.6) is 0 Å². The third-order valence-electron chi connectivity index (χ3n) is 4.49. The zero-order valence-corrected chi connectivity index (χ0v) is 17.5. The van der Waals surface area contributed by atoms with Crippen LogP contribution in [0.2, 0.25) is 0 Å². The predicted octanol–water partition coefficient (Wildman–Crippen LogP) is 2.07. The topological polar surface area (TPSA) is 116 Å². The average molecular weight is 420 g/mol. The van der Waals surface area contributed by atoms with E-state index in [9.17, 15) is 13.5 Å². The lowest BCUT2D eigenvalue weighted by molar-refractivity contribution is 0.116. The molecule has 2 aromatic carbocycles. The van der Waals surface area contributed by atoms with Gasteiger partial charge in [0, 0.05) is 19.1 Å². The largest absolute Gasteiger partial charge is 0.411 e. The van der Waals surface area contributed by atoms with Crippen molar-refractivity contribution in [2.45, 2.75) is 37.3 Å². The molecule has 0 spiro atoms. The van der Waals surface area contributed by atoms with Gasteiger partial charge in [0.15, 0.2) is 0 Å². The summed E-state index contributed by atoms with van der Waals surface area (Å²) in [4.78, 5) is 0.108. The molecule has 2 rings (SSSR count). The second-order valence-corrected chi connectivity index (χ2v) is 9.39. The van der Waals surface area contributed by atoms with Gasteiger partial charge in [-0.1, -0.05) is 61.5 Å². The second kappa shape index (κ2) is 10.5. The lowest BCUT2D eigenvalue weighted by Crippen LogP contribution is -2.47. The van der Waals surface area contributed by atoms with E-state index in [1.807, 2.05) is 44.2 Å². The van der Waals surface area contributed by atoms with Crippen LogP contribution in [-0.2, 0) is 16.4 Å². The van der Waals surface area contributed by atoms with Crippen LogP contribution in [0.4, 0.5) is 0 Å². The Morgan fingerprint density at radius 1 is 1.07 bits per heavy atom. The highest BCUT2D eigenvalue weighted by atomic mass is 32.2. The van der Waals surface area contributed by atoms with Gasteiger partial charge in [0.2, 0.25) is 10.0 Å². The number of rotatable bonds is 10. The Balaban J connectivity index is 2.18. The number of benzene rings is 2. The number of aliphatic hydroxyl groups is 1. The summed E-state index contributed by atoms with van der Waals surface area (Å²) < 4.78 is 27.6. The van der Waals surface area contributed by atoms with Gasteiger partial charge in [0.1, 0.15) is 0 Å². The van der Waals surface area contributed by atoms with Crippen molar-refractivity contribution in [1.82, 2.24) is 4.31 Å². The lowest BCUT2D eigenvalue weighted by atomic mass is 10.0. The highest BCUT2D eigenvalue weighted by Gasteiger charge is 2.29. The molecule has 2 aromatic rings. The van der Waals surface area contributed by atoms with E-state index in [4.69, 9.17) is 10.9 Å². The van der Waals surface area contributed by atoms with Crippen LogP contribution < -0.4 is 5.73 Å². The van der Waals surface area contributed by atoms with Gasteiger partial charge in [-0.25, -0.2) is 8.42 Å². The first-order valence-corrected chi connectivity index (χ1v) is 10.9. The zero-order valence-electron chi connectivity index (χ0n) is 16.7. The molecule has 0 bridgehead atoms. The molecule has 0 aliphatic heterocycles. The van der Waals surface area contributed by atoms with E-state index in [-0.39, 0.29) is 23.9 Å². The molecule has 7 nitrogen and oxygen atoms in total. The van der Waals surface area contributed by atoms with Gasteiger partial charge in [-0.15, -0.1) is 0 Å². The van der Waals surface area contributed by atoms with Crippen LogP contribution in [0.3, 0.4) is 0 Å². The molecule has 0 radical (unpaired) electrons. The number of sulfonamides is 1. The Bertz CT molecular complexity index is 884. The summed E-state index contributed by atoms with van der Waals surface area (Å²) in [5, 5.41) is 22.1. The van der Waals surface area contributed by atoms with Crippen LogP contribution >= 0.6 is 0 Å². The van der Waals surface area contributed by atoms with Gasteiger partial charge in [-0.3, -0.25) is 0 Å². The van der Waals surface area contributed by atoms with E-state index in [0.29, 0.717) is 12.0 Å². The molecule has 0 aromatic heterocycles. The van der Waals surface area contributed by atoms with Crippen molar-refractivity contribution in [1.29, 1.82) is 0 Å². The van der Waals surface area contributed by atoms with Gasteiger partial charge in [-0.05, 0) is 35.6 Å². The molecule has 0 amide bonds. The summed E-state index contributed by atoms with van der Waals surface area (Å²) in [6.45, 7) is 4.00. The van der Waals surface area contributed by atoms with E-state index in [1.165, 1.54) is 22.7 Å². The summed E-state index contributed by atoms with van der Waals surface area (Å²) in [6, 6.07) is 15.0. The van der Waals surface area contributed by atoms with E-state index in [0.717, 1.165) is 5.56 Å². The van der Waals surface area contributed by atoms with Crippen LogP contribution in [-0.4, -0.2) is 54.5 Å². The molecule has 2 atom stereocenters. The van der Waals surface area contributed by atoms with Crippen LogP contribution in [0.1, 0.15) is 25.0 Å². The molecule has 4 N–H and O–H groups in total. The van der Waals surface area contributed by atoms with Crippen molar-refractivity contribution >= 4 is 16.2 Å². The first-order valence-electron chi connectivity index (χ1n) is 9.49. The third-order valence-corrected chi connectivity index (χ3v) is 6.34. The SMILES string of the molecule is CC(C)CN(C[C@@H](O)[C@@H](N)Cc1ccccc1)S(=O)(=O)c1ccc(/C=N/O)cc1. The zero-order chi connectivity index (χ0) is 21.4. The summed E-state index contributed by atoms with van der Waals surface area (Å²) in [5.74, 6) is 0.0723. The molecule has 0 heterocycles. The fraction of sp³-hybridized carbons (Fsp3) is 0.381. The standard InChI is InChI=1S/C21H29N3O4S/c1-16(2)14-24(15-21(25)20(22)12-17-6-4-3-5-7-17)29(27,28)19-10-8-18(9-11-19)13-23-26/h3-11,13,16,20-21,25-26H,12,14-15,22H2,1-2H3/b23-13+/t20-,21+/m0/s1. The number of aliphatic hydroxyl groups excluding tert-OH is 1. The third kappa shape index (κ3) is 6.64. The number of nitrogens with zero attached hydrogens (tertiary/aromatic N) is 2. The molecule has 29 heavy (non-hydrogen) atoms. The summed E-state index contributed by atoms with van der Waals surface area (Å²) in [5.41, 5.74) is 7.71. The number of oxime groups is 1. The molecule has 0 saturated carbocycles. The highest BCUT2D eigenvalue weighted by molar-refractivity contribution is 7.89. The quantitative estimate of drug-likeness (QED) is 0.310. The molecular formula is C21H29N3O4S. The number of hydrogen-bond donors (Lipinski definition) is 3. The van der Waals surface area contributed by atoms with E-state index < -0.39 is 22.2 Å². The molecule has 0 aliphatic rings. The highest BCUT2D eigenvalue weighted by Crippen LogP contribution is 2.19. The van der Waals surface area contributed by atoms with Crippen molar-refractivity contribution in [3.63, 3.8) is 0 Å². The van der Waals surface area contributed by atoms with Gasteiger partial charge in [0.05, 0.1) is 17.2 Å². The summed E-state index contributed by atoms with van der Waals surface area (Å²) >= 11 is 0. The van der Waals surface area contributed by atoms with Crippen molar-refractivity contribution in [2.24, 2.45) is 16.8 Å². The fourth-order valence-corrected chi connectivity index (χ4v) is 4.61. The molecular weight excluding hydrogens is 390 g/mol. The first kappa shape index (κ1) is 23.0. The van der Waals surface area contributed by atoms with Crippen molar-refractivity contribution < 1.29 is 18.7 Å². The van der Waals surface area contributed by atoms with Crippen LogP contribution in [0.25, 0.3) is 0 Å². The van der Waals surface area contributed by atoms with E-state index in [1.54, 1.807) is 12.1 Å². The predicted molar refractivity (Wildman–Crippen MR) is 114 cm³/mol. The van der Waals surface area contributed by atoms with Crippen molar-refractivity contribution in [3.05, 3.63) is 65.7 Å². The normalized spacial score (nSPS) is 14.6. The smallest absolute Gasteiger partial charge is 0.243 e. The number of hydrogen-bond acceptors (Lipinski definition) is 6. The van der Waals surface area contributed by atoms with Gasteiger partial charge < -0.3 is 16.0 Å². The Kier molecular flexibility index (Phi) is 8.33. The molecule has 0 aliphatic carbocycles. The average Bonchev–Trinajstić information content (AvgIpc) is 2.68. The minimum absolute atomic E-state index is 0.0723. The number of nitrogens with two attached hydrogens (primary N) is 1. The minimum atomic E-state index is -3.82. The molecule has 158 valence electrons. The molecule has 0 fully saturated rings. The van der Waals surface area contributed by atoms with E-state index in [2.05, 4.69) is 5.16 Å². The lowest BCUT2D eigenvalue weighted by Gasteiger charge is -2.28. The Morgan fingerprint density at radius 3 is 2.24 bits per heavy atom. The van der Waals surface area contributed by atoms with Gasteiger partial charge >= 0.3 is 0 Å². The first-order chi connectivity index (χ1) is 13.7. The molecule has 8 heteroatoms. The van der Waals surface area contributed by atoms with Gasteiger partial charge in [-0.2, -0.15) is 4.31 Å². The maximum Gasteiger partial charge on any atom is 0.243 e. The Morgan fingerprint density at radius 2 is 1.69 bits per heavy atom. The molecule has 0 unspecified atom stereocenters. The van der Waals surface area contributed by atoms with E-state index >= 15 is 0 Å². The summed E-state index contributed by atoms with van der Waals surface area (Å²) in [6.07, 6.45) is 0.658. The van der Waals surface area contributed by atoms with Crippen LogP contribution in [0, 0.1) is 5.92 Å². The second-order valence-electron chi connectivity index (χ2n) is 7.45. The minimum Gasteiger partial charge on any atom is -0.411 e. The maximum atomic E-state index is 13.1. The summed E-state index contributed by atoms with van der Waals surface area (Å²) in [7, 11) is -3.82. The Labute approximate surface area is 172 Å². The molecule has 0 saturated heterocycles. The fourth-order valence-electron chi connectivity index (χ4n) is 2.99. The Hall–Kier alpha value is -2.26. The van der Waals surface area contributed by atoms with Crippen LogP contribution in [0.15, 0.2) is 64.6 Å². The maximum absolute atomic E-state index is 13.1.